The van der Waals surface area contributed by atoms with Crippen LogP contribution in [0.1, 0.15) is 84.6 Å². The van der Waals surface area contributed by atoms with Crippen molar-refractivity contribution in [1.29, 1.82) is 0 Å². The van der Waals surface area contributed by atoms with Crippen LogP contribution in [-0.2, 0) is 16.1 Å². The number of hydrogen-bond acceptors (Lipinski definition) is 6. The molecular formula is C31H51N3O5. The predicted octanol–water partition coefficient (Wildman–Crippen LogP) is 5.72. The molecule has 1 heterocycles. The van der Waals surface area contributed by atoms with Gasteiger partial charge in [-0.1, -0.05) is 18.9 Å². The normalized spacial score (nSPS) is 20.9. The van der Waals surface area contributed by atoms with Crippen molar-refractivity contribution in [3.8, 4) is 11.5 Å². The van der Waals surface area contributed by atoms with Crippen molar-refractivity contribution in [1.82, 2.24) is 14.7 Å². The molecule has 0 N–H and O–H groups in total. The molecule has 1 aliphatic heterocycles. The Balaban J connectivity index is 0.000000325. The van der Waals surface area contributed by atoms with Gasteiger partial charge < -0.3 is 24.0 Å². The van der Waals surface area contributed by atoms with Crippen molar-refractivity contribution in [3.05, 3.63) is 23.8 Å². The number of methoxy groups -OCH3 is 2. The van der Waals surface area contributed by atoms with Crippen molar-refractivity contribution >= 4 is 12.0 Å². The average Bonchev–Trinajstić information content (AvgIpc) is 3.77. The van der Waals surface area contributed by atoms with Gasteiger partial charge in [0, 0.05) is 50.4 Å². The number of rotatable bonds is 8. The molecule has 2 unspecified atom stereocenters. The molecule has 220 valence electrons. The molecule has 1 aromatic carbocycles. The molecule has 1 aromatic rings. The SMILES string of the molecule is CCN(C)C(=O)OC(C)(C)C.COc1ccc(CN(CC(=O)N2CCCC3CCCCC32)C2CC2)c(OC)c1. The molecule has 39 heavy (non-hydrogen) atoms. The van der Waals surface area contributed by atoms with Gasteiger partial charge in [0.1, 0.15) is 17.1 Å². The summed E-state index contributed by atoms with van der Waals surface area (Å²) in [6, 6.07) is 6.99. The molecular weight excluding hydrogens is 494 g/mol. The van der Waals surface area contributed by atoms with Crippen LogP contribution < -0.4 is 9.47 Å². The van der Waals surface area contributed by atoms with E-state index in [1.54, 1.807) is 21.3 Å². The molecule has 0 bridgehead atoms. The molecule has 3 aliphatic rings. The largest absolute Gasteiger partial charge is 0.497 e. The average molecular weight is 546 g/mol. The number of carbonyl (C=O) groups excluding carboxylic acids is 2. The summed E-state index contributed by atoms with van der Waals surface area (Å²) >= 11 is 0. The van der Waals surface area contributed by atoms with Crippen LogP contribution >= 0.6 is 0 Å². The first-order chi connectivity index (χ1) is 18.6. The number of ether oxygens (including phenoxy) is 3. The Labute approximate surface area is 235 Å². The number of benzene rings is 1. The summed E-state index contributed by atoms with van der Waals surface area (Å²) in [6.07, 6.45) is 9.73. The van der Waals surface area contributed by atoms with Gasteiger partial charge in [-0.2, -0.15) is 0 Å². The Kier molecular flexibility index (Phi) is 11.3. The first-order valence-corrected chi connectivity index (χ1v) is 14.7. The fourth-order valence-electron chi connectivity index (χ4n) is 5.62. The highest BCUT2D eigenvalue weighted by atomic mass is 16.6. The number of carbonyl (C=O) groups is 2. The number of amides is 2. The summed E-state index contributed by atoms with van der Waals surface area (Å²) in [6.45, 7) is 10.4. The summed E-state index contributed by atoms with van der Waals surface area (Å²) in [5, 5.41) is 0. The highest BCUT2D eigenvalue weighted by Crippen LogP contribution is 2.36. The number of hydrogen-bond donors (Lipinski definition) is 0. The molecule has 2 aliphatic carbocycles. The van der Waals surface area contributed by atoms with E-state index < -0.39 is 0 Å². The molecule has 4 rings (SSSR count). The summed E-state index contributed by atoms with van der Waals surface area (Å²) in [4.78, 5) is 30.5. The number of likely N-dealkylation sites (tertiary alicyclic amines) is 1. The van der Waals surface area contributed by atoms with Crippen LogP contribution in [0.2, 0.25) is 0 Å². The molecule has 1 saturated heterocycles. The third-order valence-corrected chi connectivity index (χ3v) is 8.01. The fourth-order valence-corrected chi connectivity index (χ4v) is 5.62. The minimum absolute atomic E-state index is 0.264. The zero-order valence-corrected chi connectivity index (χ0v) is 25.3. The van der Waals surface area contributed by atoms with Gasteiger partial charge in [0.05, 0.1) is 20.8 Å². The molecule has 8 heteroatoms. The van der Waals surface area contributed by atoms with Crippen LogP contribution in [0.5, 0.6) is 11.5 Å². The molecule has 0 radical (unpaired) electrons. The lowest BCUT2D eigenvalue weighted by molar-refractivity contribution is -0.139. The molecule has 3 fully saturated rings. The number of nitrogens with zero attached hydrogens (tertiary/aromatic N) is 3. The Morgan fingerprint density at radius 3 is 2.31 bits per heavy atom. The summed E-state index contributed by atoms with van der Waals surface area (Å²) in [5.74, 6) is 2.70. The zero-order chi connectivity index (χ0) is 28.6. The third-order valence-electron chi connectivity index (χ3n) is 8.01. The lowest BCUT2D eigenvalue weighted by Crippen LogP contribution is -2.52. The molecule has 2 saturated carbocycles. The molecule has 2 atom stereocenters. The van der Waals surface area contributed by atoms with Crippen molar-refractivity contribution in [3.63, 3.8) is 0 Å². The van der Waals surface area contributed by atoms with E-state index in [9.17, 15) is 9.59 Å². The second-order valence-corrected chi connectivity index (χ2v) is 12.1. The summed E-state index contributed by atoms with van der Waals surface area (Å²) in [5.41, 5.74) is 0.734. The van der Waals surface area contributed by atoms with Gasteiger partial charge in [0.2, 0.25) is 5.91 Å². The predicted molar refractivity (Wildman–Crippen MR) is 154 cm³/mol. The Bertz CT molecular complexity index is 941. The van der Waals surface area contributed by atoms with E-state index in [0.29, 0.717) is 31.1 Å². The van der Waals surface area contributed by atoms with Crippen molar-refractivity contribution < 1.29 is 23.8 Å². The Hall–Kier alpha value is -2.48. The topological polar surface area (TPSA) is 71.6 Å². The van der Waals surface area contributed by atoms with Gasteiger partial charge in [-0.3, -0.25) is 9.69 Å². The van der Waals surface area contributed by atoms with Gasteiger partial charge >= 0.3 is 6.09 Å². The molecule has 8 nitrogen and oxygen atoms in total. The zero-order valence-electron chi connectivity index (χ0n) is 25.3. The van der Waals surface area contributed by atoms with E-state index >= 15 is 0 Å². The first-order valence-electron chi connectivity index (χ1n) is 14.7. The summed E-state index contributed by atoms with van der Waals surface area (Å²) in [7, 11) is 5.08. The number of fused-ring (bicyclic) bond motifs is 1. The van der Waals surface area contributed by atoms with Gasteiger partial charge in [0.15, 0.2) is 0 Å². The number of piperidine rings is 1. The lowest BCUT2D eigenvalue weighted by Gasteiger charge is -2.44. The van der Waals surface area contributed by atoms with Crippen molar-refractivity contribution in [2.45, 2.75) is 103 Å². The monoisotopic (exact) mass is 545 g/mol. The maximum atomic E-state index is 13.3. The van der Waals surface area contributed by atoms with E-state index in [-0.39, 0.29) is 11.7 Å². The minimum Gasteiger partial charge on any atom is -0.497 e. The molecule has 0 spiro atoms. The van der Waals surface area contributed by atoms with Gasteiger partial charge in [-0.25, -0.2) is 4.79 Å². The van der Waals surface area contributed by atoms with Crippen LogP contribution in [0, 0.1) is 5.92 Å². The summed E-state index contributed by atoms with van der Waals surface area (Å²) < 4.78 is 16.0. The van der Waals surface area contributed by atoms with E-state index in [0.717, 1.165) is 36.1 Å². The second-order valence-electron chi connectivity index (χ2n) is 12.1. The smallest absolute Gasteiger partial charge is 0.410 e. The van der Waals surface area contributed by atoms with E-state index in [2.05, 4.69) is 15.9 Å². The highest BCUT2D eigenvalue weighted by Gasteiger charge is 2.38. The van der Waals surface area contributed by atoms with Crippen LogP contribution in [0.25, 0.3) is 0 Å². The first kappa shape index (κ1) is 31.1. The van der Waals surface area contributed by atoms with Crippen LogP contribution in [0.15, 0.2) is 18.2 Å². The van der Waals surface area contributed by atoms with Crippen LogP contribution in [-0.4, -0.2) is 85.3 Å². The van der Waals surface area contributed by atoms with Gasteiger partial charge in [-0.05, 0) is 78.2 Å². The maximum Gasteiger partial charge on any atom is 0.410 e. The second kappa shape index (κ2) is 14.2. The van der Waals surface area contributed by atoms with Crippen LogP contribution in [0.3, 0.4) is 0 Å². The van der Waals surface area contributed by atoms with E-state index in [1.165, 1.54) is 56.3 Å². The quantitative estimate of drug-likeness (QED) is 0.416. The molecule has 2 amide bonds. The fraction of sp³-hybridized carbons (Fsp3) is 0.742. The lowest BCUT2D eigenvalue weighted by atomic mass is 9.78. The van der Waals surface area contributed by atoms with E-state index in [4.69, 9.17) is 14.2 Å². The van der Waals surface area contributed by atoms with Crippen LogP contribution in [0.4, 0.5) is 4.79 Å². The van der Waals surface area contributed by atoms with E-state index in [1.807, 2.05) is 39.8 Å². The minimum atomic E-state index is -0.388. The van der Waals surface area contributed by atoms with Crippen molar-refractivity contribution in [2.24, 2.45) is 5.92 Å². The van der Waals surface area contributed by atoms with Gasteiger partial charge in [-0.15, -0.1) is 0 Å². The highest BCUT2D eigenvalue weighted by molar-refractivity contribution is 5.79. The van der Waals surface area contributed by atoms with Crippen molar-refractivity contribution in [2.75, 3.05) is 40.9 Å². The standard InChI is InChI=1S/C23H34N2O3.C8H17NO2/c1-27-20-12-9-18(22(14-20)28-2)15-24(19-10-11-19)16-23(26)25-13-5-7-17-6-3-4-8-21(17)25;1-6-9(5)7(10)11-8(2,3)4/h9,12,14,17,19,21H,3-8,10-11,13,15-16H2,1-2H3;6H2,1-5H3. The molecule has 0 aromatic heterocycles. The third kappa shape index (κ3) is 9.30. The maximum absolute atomic E-state index is 13.3. The Morgan fingerprint density at radius 1 is 1.00 bits per heavy atom. The van der Waals surface area contributed by atoms with Gasteiger partial charge in [0.25, 0.3) is 0 Å². The Morgan fingerprint density at radius 2 is 1.69 bits per heavy atom.